The topological polar surface area (TPSA) is 35.5 Å². The number of aliphatic hydroxyl groups is 1. The van der Waals surface area contributed by atoms with Crippen LogP contribution in [-0.4, -0.2) is 36.4 Å². The van der Waals surface area contributed by atoms with Crippen LogP contribution in [0.4, 0.5) is 5.69 Å². The number of aryl methyl sites for hydroxylation is 1. The molecule has 108 valence electrons. The molecular formula is C16H28N2O. The van der Waals surface area contributed by atoms with Gasteiger partial charge in [-0.15, -0.1) is 0 Å². The Balaban J connectivity index is 2.82. The number of nitrogens with one attached hydrogen (secondary N) is 1. The summed E-state index contributed by atoms with van der Waals surface area (Å²) in [6.45, 7) is 12.4. The first-order chi connectivity index (χ1) is 8.90. The van der Waals surface area contributed by atoms with Crippen LogP contribution in [0.3, 0.4) is 0 Å². The highest BCUT2D eigenvalue weighted by Gasteiger charge is 2.26. The first kappa shape index (κ1) is 16.0. The van der Waals surface area contributed by atoms with Crippen LogP contribution in [0.25, 0.3) is 0 Å². The molecule has 1 atom stereocenters. The van der Waals surface area contributed by atoms with Crippen molar-refractivity contribution >= 4 is 5.69 Å². The zero-order valence-electron chi connectivity index (χ0n) is 12.9. The summed E-state index contributed by atoms with van der Waals surface area (Å²) in [5, 5.41) is 13.1. The van der Waals surface area contributed by atoms with Gasteiger partial charge in [-0.1, -0.05) is 31.5 Å². The lowest BCUT2D eigenvalue weighted by Gasteiger charge is -2.37. The quantitative estimate of drug-likeness (QED) is 0.794. The first-order valence-electron chi connectivity index (χ1n) is 7.10. The minimum Gasteiger partial charge on any atom is -0.394 e. The van der Waals surface area contributed by atoms with Gasteiger partial charge in [0.2, 0.25) is 0 Å². The van der Waals surface area contributed by atoms with Crippen LogP contribution in [0.15, 0.2) is 24.3 Å². The predicted octanol–water partition coefficient (Wildman–Crippen LogP) is 2.57. The highest BCUT2D eigenvalue weighted by Crippen LogP contribution is 2.18. The lowest BCUT2D eigenvalue weighted by molar-refractivity contribution is 0.169. The van der Waals surface area contributed by atoms with Gasteiger partial charge >= 0.3 is 0 Å². The van der Waals surface area contributed by atoms with Crippen molar-refractivity contribution in [1.82, 2.24) is 5.32 Å². The zero-order valence-corrected chi connectivity index (χ0v) is 12.9. The maximum atomic E-state index is 9.68. The molecule has 1 rings (SSSR count). The summed E-state index contributed by atoms with van der Waals surface area (Å²) in [6.07, 6.45) is 0. The monoisotopic (exact) mass is 264 g/mol. The predicted molar refractivity (Wildman–Crippen MR) is 82.8 cm³/mol. The molecule has 0 radical (unpaired) electrons. The third kappa shape index (κ3) is 4.84. The maximum Gasteiger partial charge on any atom is 0.0628 e. The lowest BCUT2D eigenvalue weighted by Crippen LogP contribution is -2.56. The Bertz CT molecular complexity index is 375. The van der Waals surface area contributed by atoms with Crippen molar-refractivity contribution in [3.8, 4) is 0 Å². The third-order valence-electron chi connectivity index (χ3n) is 3.31. The summed E-state index contributed by atoms with van der Waals surface area (Å²) in [6, 6.07) is 8.90. The van der Waals surface area contributed by atoms with Crippen LogP contribution in [-0.2, 0) is 0 Å². The Kier molecular flexibility index (Phi) is 5.83. The highest BCUT2D eigenvalue weighted by molar-refractivity contribution is 5.47. The van der Waals surface area contributed by atoms with E-state index in [9.17, 15) is 5.11 Å². The molecule has 3 heteroatoms. The van der Waals surface area contributed by atoms with E-state index in [0.717, 1.165) is 13.1 Å². The van der Waals surface area contributed by atoms with Gasteiger partial charge in [0, 0.05) is 24.8 Å². The van der Waals surface area contributed by atoms with E-state index in [4.69, 9.17) is 0 Å². The second-order valence-electron chi connectivity index (χ2n) is 5.87. The fraction of sp³-hybridized carbons (Fsp3) is 0.625. The van der Waals surface area contributed by atoms with Crippen molar-refractivity contribution in [3.05, 3.63) is 29.8 Å². The summed E-state index contributed by atoms with van der Waals surface area (Å²) in [5.41, 5.74) is 2.19. The lowest BCUT2D eigenvalue weighted by atomic mass is 10.0. The number of likely N-dealkylation sites (N-methyl/N-ethyl adjacent to an activating group) is 1. The van der Waals surface area contributed by atoms with Gasteiger partial charge in [0.15, 0.2) is 0 Å². The van der Waals surface area contributed by atoms with Crippen molar-refractivity contribution in [2.24, 2.45) is 0 Å². The second kappa shape index (κ2) is 6.92. The molecule has 1 aromatic rings. The van der Waals surface area contributed by atoms with E-state index in [1.165, 1.54) is 11.3 Å². The van der Waals surface area contributed by atoms with E-state index < -0.39 is 0 Å². The summed E-state index contributed by atoms with van der Waals surface area (Å²) >= 11 is 0. The Labute approximate surface area is 117 Å². The van der Waals surface area contributed by atoms with Crippen LogP contribution in [0.5, 0.6) is 0 Å². The van der Waals surface area contributed by atoms with Crippen molar-refractivity contribution in [2.75, 3.05) is 24.6 Å². The Hall–Kier alpha value is -1.06. The molecule has 1 unspecified atom stereocenters. The molecule has 0 heterocycles. The molecule has 0 saturated carbocycles. The normalized spacial score (nSPS) is 14.5. The van der Waals surface area contributed by atoms with Gasteiger partial charge in [0.05, 0.1) is 12.1 Å². The highest BCUT2D eigenvalue weighted by atomic mass is 16.3. The fourth-order valence-corrected chi connectivity index (χ4v) is 2.40. The molecule has 0 saturated heterocycles. The average molecular weight is 264 g/mol. The van der Waals surface area contributed by atoms with Crippen LogP contribution in [0.1, 0.15) is 33.3 Å². The minimum atomic E-state index is -0.283. The molecule has 0 aliphatic rings. The Morgan fingerprint density at radius 3 is 2.26 bits per heavy atom. The van der Waals surface area contributed by atoms with E-state index in [1.54, 1.807) is 0 Å². The molecule has 0 aliphatic heterocycles. The molecule has 0 amide bonds. The molecule has 0 aromatic heterocycles. The molecule has 19 heavy (non-hydrogen) atoms. The number of nitrogens with zero attached hydrogens (tertiary/aromatic N) is 1. The van der Waals surface area contributed by atoms with E-state index in [2.05, 4.69) is 69.1 Å². The van der Waals surface area contributed by atoms with Gasteiger partial charge in [-0.3, -0.25) is 0 Å². The molecule has 0 bridgehead atoms. The van der Waals surface area contributed by atoms with Crippen LogP contribution in [0, 0.1) is 6.92 Å². The van der Waals surface area contributed by atoms with E-state index >= 15 is 0 Å². The molecule has 0 spiro atoms. The number of hydrogen-bond acceptors (Lipinski definition) is 3. The molecule has 0 fully saturated rings. The number of anilines is 1. The van der Waals surface area contributed by atoms with Crippen LogP contribution >= 0.6 is 0 Å². The number of hydrogen-bond donors (Lipinski definition) is 2. The summed E-state index contributed by atoms with van der Waals surface area (Å²) in [4.78, 5) is 2.30. The van der Waals surface area contributed by atoms with Crippen molar-refractivity contribution in [3.63, 3.8) is 0 Å². The van der Waals surface area contributed by atoms with Crippen molar-refractivity contribution in [1.29, 1.82) is 0 Å². The van der Waals surface area contributed by atoms with E-state index in [1.807, 2.05) is 0 Å². The molecule has 3 nitrogen and oxygen atoms in total. The molecular weight excluding hydrogens is 236 g/mol. The zero-order chi connectivity index (χ0) is 14.5. The van der Waals surface area contributed by atoms with Gasteiger partial charge in [0.1, 0.15) is 0 Å². The van der Waals surface area contributed by atoms with E-state index in [-0.39, 0.29) is 12.1 Å². The molecule has 1 aromatic carbocycles. The summed E-state index contributed by atoms with van der Waals surface area (Å²) in [5.74, 6) is 0. The fourth-order valence-electron chi connectivity index (χ4n) is 2.40. The van der Waals surface area contributed by atoms with Crippen LogP contribution < -0.4 is 10.2 Å². The maximum absolute atomic E-state index is 9.68. The largest absolute Gasteiger partial charge is 0.394 e. The molecule has 2 N–H and O–H groups in total. The molecule has 0 aliphatic carbocycles. The van der Waals surface area contributed by atoms with Gasteiger partial charge < -0.3 is 15.3 Å². The van der Waals surface area contributed by atoms with E-state index in [0.29, 0.717) is 6.04 Å². The standard InChI is InChI=1S/C16H28N2O/c1-6-18(15-9-7-14(4)8-10-15)11-16(5,12-19)17-13(2)3/h7-10,13,17,19H,6,11-12H2,1-5H3. The average Bonchev–Trinajstić information content (AvgIpc) is 2.36. The number of aliphatic hydroxyl groups excluding tert-OH is 1. The van der Waals surface area contributed by atoms with Gasteiger partial charge in [-0.25, -0.2) is 0 Å². The summed E-state index contributed by atoms with van der Waals surface area (Å²) < 4.78 is 0. The Morgan fingerprint density at radius 2 is 1.84 bits per heavy atom. The Morgan fingerprint density at radius 1 is 1.26 bits per heavy atom. The van der Waals surface area contributed by atoms with Gasteiger partial charge in [-0.2, -0.15) is 0 Å². The number of benzene rings is 1. The van der Waals surface area contributed by atoms with Crippen LogP contribution in [0.2, 0.25) is 0 Å². The third-order valence-corrected chi connectivity index (χ3v) is 3.31. The second-order valence-corrected chi connectivity index (χ2v) is 5.87. The minimum absolute atomic E-state index is 0.132. The van der Waals surface area contributed by atoms with Crippen molar-refractivity contribution < 1.29 is 5.11 Å². The summed E-state index contributed by atoms with van der Waals surface area (Å²) in [7, 11) is 0. The van der Waals surface area contributed by atoms with Gasteiger partial charge in [0.25, 0.3) is 0 Å². The number of rotatable bonds is 7. The smallest absolute Gasteiger partial charge is 0.0628 e. The first-order valence-corrected chi connectivity index (χ1v) is 7.10. The van der Waals surface area contributed by atoms with Gasteiger partial charge in [-0.05, 0) is 32.9 Å². The SMILES string of the molecule is CCN(CC(C)(CO)NC(C)C)c1ccc(C)cc1. The van der Waals surface area contributed by atoms with Crippen molar-refractivity contribution in [2.45, 2.75) is 46.2 Å².